The van der Waals surface area contributed by atoms with E-state index in [4.69, 9.17) is 0 Å². The summed E-state index contributed by atoms with van der Waals surface area (Å²) in [6.07, 6.45) is 0.483. The standard InChI is InChI=1S/C14H22N4O3/c1-9-11(17-21-16-9)6-12(19)15-10-5-13(20)18(7-10)8-14(2,3)4/h10H,5-8H2,1-4H3,(H,15,19)/t10-/m1/s1. The third kappa shape index (κ3) is 4.27. The molecule has 0 saturated carbocycles. The first-order valence-corrected chi connectivity index (χ1v) is 7.10. The number of rotatable bonds is 4. The van der Waals surface area contributed by atoms with Crippen molar-refractivity contribution in [3.05, 3.63) is 11.4 Å². The van der Waals surface area contributed by atoms with E-state index < -0.39 is 0 Å². The van der Waals surface area contributed by atoms with Crippen molar-refractivity contribution >= 4 is 11.8 Å². The summed E-state index contributed by atoms with van der Waals surface area (Å²) in [7, 11) is 0. The number of amides is 2. The molecular formula is C14H22N4O3. The van der Waals surface area contributed by atoms with Crippen LogP contribution in [0, 0.1) is 12.3 Å². The maximum Gasteiger partial charge on any atom is 0.226 e. The van der Waals surface area contributed by atoms with Gasteiger partial charge in [-0.1, -0.05) is 31.1 Å². The van der Waals surface area contributed by atoms with Gasteiger partial charge in [0.2, 0.25) is 11.8 Å². The Hall–Kier alpha value is -1.92. The van der Waals surface area contributed by atoms with Crippen molar-refractivity contribution in [1.82, 2.24) is 20.5 Å². The maximum absolute atomic E-state index is 12.0. The summed E-state index contributed by atoms with van der Waals surface area (Å²) in [6, 6.07) is -0.132. The van der Waals surface area contributed by atoms with Crippen molar-refractivity contribution in [3.8, 4) is 0 Å². The van der Waals surface area contributed by atoms with Crippen molar-refractivity contribution in [1.29, 1.82) is 0 Å². The Balaban J connectivity index is 1.86. The summed E-state index contributed by atoms with van der Waals surface area (Å²) in [5.41, 5.74) is 1.20. The highest BCUT2D eigenvalue weighted by Crippen LogP contribution is 2.20. The molecule has 1 fully saturated rings. The van der Waals surface area contributed by atoms with E-state index in [1.165, 1.54) is 0 Å². The lowest BCUT2D eigenvalue weighted by Crippen LogP contribution is -2.39. The van der Waals surface area contributed by atoms with Crippen LogP contribution in [0.4, 0.5) is 0 Å². The molecule has 2 rings (SSSR count). The number of carbonyl (C=O) groups excluding carboxylic acids is 2. The number of likely N-dealkylation sites (tertiary alicyclic amines) is 1. The molecule has 0 spiro atoms. The van der Waals surface area contributed by atoms with Crippen LogP contribution in [0.3, 0.4) is 0 Å². The van der Waals surface area contributed by atoms with Crippen LogP contribution >= 0.6 is 0 Å². The Kier molecular flexibility index (Phi) is 4.29. The van der Waals surface area contributed by atoms with Gasteiger partial charge in [0, 0.05) is 19.5 Å². The lowest BCUT2D eigenvalue weighted by Gasteiger charge is -2.26. The average Bonchev–Trinajstić information content (AvgIpc) is 2.85. The van der Waals surface area contributed by atoms with Gasteiger partial charge in [-0.05, 0) is 12.3 Å². The number of hydrogen-bond acceptors (Lipinski definition) is 5. The molecule has 7 heteroatoms. The zero-order valence-electron chi connectivity index (χ0n) is 13.0. The fourth-order valence-electron chi connectivity index (χ4n) is 2.43. The zero-order valence-corrected chi connectivity index (χ0v) is 13.0. The second kappa shape index (κ2) is 5.83. The molecule has 116 valence electrons. The topological polar surface area (TPSA) is 88.3 Å². The van der Waals surface area contributed by atoms with Gasteiger partial charge in [0.1, 0.15) is 11.4 Å². The van der Waals surface area contributed by atoms with Gasteiger partial charge in [-0.15, -0.1) is 0 Å². The fourth-order valence-corrected chi connectivity index (χ4v) is 2.43. The van der Waals surface area contributed by atoms with Crippen molar-refractivity contribution < 1.29 is 14.2 Å². The number of hydrogen-bond donors (Lipinski definition) is 1. The van der Waals surface area contributed by atoms with Crippen LogP contribution in [0.5, 0.6) is 0 Å². The molecule has 0 aromatic carbocycles. The van der Waals surface area contributed by atoms with Crippen LogP contribution in [0.25, 0.3) is 0 Å². The van der Waals surface area contributed by atoms with Crippen LogP contribution in [-0.4, -0.2) is 46.2 Å². The first kappa shape index (κ1) is 15.5. The SMILES string of the molecule is Cc1nonc1CC(=O)N[C@@H]1CC(=O)N(CC(C)(C)C)C1. The maximum atomic E-state index is 12.0. The molecule has 1 N–H and O–H groups in total. The summed E-state index contributed by atoms with van der Waals surface area (Å²) in [5.74, 6) is -0.0706. The molecular weight excluding hydrogens is 272 g/mol. The van der Waals surface area contributed by atoms with Gasteiger partial charge >= 0.3 is 0 Å². The summed E-state index contributed by atoms with van der Waals surface area (Å²) in [4.78, 5) is 25.7. The molecule has 0 bridgehead atoms. The van der Waals surface area contributed by atoms with Gasteiger partial charge in [0.15, 0.2) is 0 Å². The van der Waals surface area contributed by atoms with Crippen LogP contribution in [0.15, 0.2) is 4.63 Å². The Bertz CT molecular complexity index is 533. The second-order valence-electron chi connectivity index (χ2n) is 6.78. The second-order valence-corrected chi connectivity index (χ2v) is 6.78. The monoisotopic (exact) mass is 294 g/mol. The number of nitrogens with zero attached hydrogens (tertiary/aromatic N) is 3. The summed E-state index contributed by atoms with van der Waals surface area (Å²) in [6.45, 7) is 9.28. The van der Waals surface area contributed by atoms with E-state index in [1.807, 2.05) is 4.90 Å². The first-order chi connectivity index (χ1) is 9.74. The highest BCUT2D eigenvalue weighted by atomic mass is 16.6. The number of aryl methyl sites for hydroxylation is 1. The summed E-state index contributed by atoms with van der Waals surface area (Å²) >= 11 is 0. The lowest BCUT2D eigenvalue weighted by atomic mass is 9.96. The third-order valence-corrected chi connectivity index (χ3v) is 3.32. The van der Waals surface area contributed by atoms with E-state index in [2.05, 4.69) is 41.0 Å². The van der Waals surface area contributed by atoms with Crippen molar-refractivity contribution in [3.63, 3.8) is 0 Å². The fraction of sp³-hybridized carbons (Fsp3) is 0.714. The van der Waals surface area contributed by atoms with Crippen molar-refractivity contribution in [2.75, 3.05) is 13.1 Å². The van der Waals surface area contributed by atoms with Gasteiger partial charge in [-0.2, -0.15) is 0 Å². The van der Waals surface area contributed by atoms with Gasteiger partial charge in [0.05, 0.1) is 12.5 Å². The molecule has 0 aliphatic carbocycles. The van der Waals surface area contributed by atoms with Gasteiger partial charge in [-0.3, -0.25) is 9.59 Å². The van der Waals surface area contributed by atoms with E-state index in [-0.39, 0.29) is 29.7 Å². The summed E-state index contributed by atoms with van der Waals surface area (Å²) < 4.78 is 4.56. The molecule has 1 atom stereocenters. The Morgan fingerprint density at radius 1 is 1.43 bits per heavy atom. The van der Waals surface area contributed by atoms with E-state index in [9.17, 15) is 9.59 Å². The smallest absolute Gasteiger partial charge is 0.226 e. The van der Waals surface area contributed by atoms with Gasteiger partial charge in [-0.25, -0.2) is 4.63 Å². The molecule has 1 aromatic rings. The van der Waals surface area contributed by atoms with Crippen LogP contribution in [0.2, 0.25) is 0 Å². The lowest BCUT2D eigenvalue weighted by molar-refractivity contribution is -0.128. The average molecular weight is 294 g/mol. The highest BCUT2D eigenvalue weighted by Gasteiger charge is 2.32. The van der Waals surface area contributed by atoms with E-state index in [1.54, 1.807) is 6.92 Å². The van der Waals surface area contributed by atoms with Crippen molar-refractivity contribution in [2.45, 2.75) is 46.6 Å². The number of carbonyl (C=O) groups is 2. The minimum atomic E-state index is -0.163. The molecule has 1 aliphatic rings. The molecule has 2 heterocycles. The molecule has 1 saturated heterocycles. The Morgan fingerprint density at radius 3 is 2.71 bits per heavy atom. The summed E-state index contributed by atoms with van der Waals surface area (Å²) in [5, 5.41) is 10.2. The molecule has 7 nitrogen and oxygen atoms in total. The predicted octanol–water partition coefficient (Wildman–Crippen LogP) is 0.684. The minimum absolute atomic E-state index is 0.0536. The molecule has 1 aromatic heterocycles. The van der Waals surface area contributed by atoms with E-state index in [0.29, 0.717) is 30.9 Å². The van der Waals surface area contributed by atoms with E-state index in [0.717, 1.165) is 0 Å². The largest absolute Gasteiger partial charge is 0.351 e. The quantitative estimate of drug-likeness (QED) is 0.882. The van der Waals surface area contributed by atoms with Gasteiger partial charge < -0.3 is 10.2 Å². The Labute approximate surface area is 124 Å². The van der Waals surface area contributed by atoms with Gasteiger partial charge in [0.25, 0.3) is 0 Å². The van der Waals surface area contributed by atoms with E-state index >= 15 is 0 Å². The zero-order chi connectivity index (χ0) is 15.6. The van der Waals surface area contributed by atoms with Crippen LogP contribution < -0.4 is 5.32 Å². The Morgan fingerprint density at radius 2 is 2.14 bits per heavy atom. The van der Waals surface area contributed by atoms with Crippen LogP contribution in [-0.2, 0) is 16.0 Å². The minimum Gasteiger partial charge on any atom is -0.351 e. The normalized spacial score (nSPS) is 19.1. The third-order valence-electron chi connectivity index (χ3n) is 3.32. The first-order valence-electron chi connectivity index (χ1n) is 7.10. The molecule has 1 aliphatic heterocycles. The molecule has 0 radical (unpaired) electrons. The molecule has 21 heavy (non-hydrogen) atoms. The number of aromatic nitrogens is 2. The van der Waals surface area contributed by atoms with Crippen LogP contribution in [0.1, 0.15) is 38.6 Å². The van der Waals surface area contributed by atoms with Crippen molar-refractivity contribution in [2.24, 2.45) is 5.41 Å². The predicted molar refractivity (Wildman–Crippen MR) is 75.3 cm³/mol. The molecule has 2 amide bonds. The number of nitrogens with one attached hydrogen (secondary N) is 1. The molecule has 0 unspecified atom stereocenters. The highest BCUT2D eigenvalue weighted by molar-refractivity contribution is 5.83.